The van der Waals surface area contributed by atoms with Gasteiger partial charge in [0.05, 0.1) is 6.61 Å². The highest BCUT2D eigenvalue weighted by atomic mass is 16.5. The van der Waals surface area contributed by atoms with Crippen molar-refractivity contribution < 1.29 is 9.26 Å². The Morgan fingerprint density at radius 2 is 1.92 bits per heavy atom. The Balaban J connectivity index is 1.30. The van der Waals surface area contributed by atoms with E-state index in [0.717, 1.165) is 56.1 Å². The fourth-order valence-corrected chi connectivity index (χ4v) is 3.55. The Bertz CT molecular complexity index is 932. The molecule has 0 unspecified atom stereocenters. The lowest BCUT2D eigenvalue weighted by Crippen LogP contribution is -1.99. The number of ether oxygens (including phenoxy) is 1. The van der Waals surface area contributed by atoms with Gasteiger partial charge in [0.1, 0.15) is 5.75 Å². The van der Waals surface area contributed by atoms with Gasteiger partial charge in [-0.1, -0.05) is 23.4 Å². The van der Waals surface area contributed by atoms with Crippen molar-refractivity contribution in [2.45, 2.75) is 32.4 Å². The van der Waals surface area contributed by atoms with Crippen molar-refractivity contribution in [3.63, 3.8) is 0 Å². The minimum absolute atomic E-state index is 0.604. The lowest BCUT2D eigenvalue weighted by Gasteiger charge is -2.02. The summed E-state index contributed by atoms with van der Waals surface area (Å²) < 4.78 is 11.0. The highest BCUT2D eigenvalue weighted by Crippen LogP contribution is 2.27. The predicted molar refractivity (Wildman–Crippen MR) is 93.3 cm³/mol. The minimum atomic E-state index is 0.604. The predicted octanol–water partition coefficient (Wildman–Crippen LogP) is 3.06. The van der Waals surface area contributed by atoms with Crippen LogP contribution < -0.4 is 10.1 Å². The second-order valence-corrected chi connectivity index (χ2v) is 6.64. The van der Waals surface area contributed by atoms with Crippen LogP contribution in [0.5, 0.6) is 5.75 Å². The molecule has 0 atom stereocenters. The summed E-state index contributed by atoms with van der Waals surface area (Å²) in [7, 11) is 0. The first-order chi connectivity index (χ1) is 12.3. The lowest BCUT2D eigenvalue weighted by atomic mass is 10.0. The molecule has 1 N–H and O–H groups in total. The largest absolute Gasteiger partial charge is 0.493 e. The summed E-state index contributed by atoms with van der Waals surface area (Å²) in [6.07, 6.45) is 2.68. The van der Waals surface area contributed by atoms with Gasteiger partial charge in [0, 0.05) is 31.5 Å². The van der Waals surface area contributed by atoms with E-state index >= 15 is 0 Å². The molecule has 3 heterocycles. The SMILES string of the molecule is c1cc2c(cc1CCc1noc(-c3ccc4c(c3)CNC4)n1)CCO2. The van der Waals surface area contributed by atoms with Gasteiger partial charge in [0.2, 0.25) is 0 Å². The van der Waals surface area contributed by atoms with Gasteiger partial charge in [0.25, 0.3) is 5.89 Å². The van der Waals surface area contributed by atoms with Crippen LogP contribution in [0.2, 0.25) is 0 Å². The molecule has 5 nitrogen and oxygen atoms in total. The van der Waals surface area contributed by atoms with Crippen molar-refractivity contribution in [2.75, 3.05) is 6.61 Å². The third kappa shape index (κ3) is 2.81. The lowest BCUT2D eigenvalue weighted by molar-refractivity contribution is 0.357. The average molecular weight is 333 g/mol. The van der Waals surface area contributed by atoms with E-state index in [4.69, 9.17) is 9.26 Å². The third-order valence-corrected chi connectivity index (χ3v) is 4.94. The molecule has 2 aliphatic rings. The van der Waals surface area contributed by atoms with Crippen molar-refractivity contribution in [1.29, 1.82) is 0 Å². The molecule has 1 aromatic heterocycles. The molecule has 5 heteroatoms. The summed E-state index contributed by atoms with van der Waals surface area (Å²) in [5, 5.41) is 7.50. The van der Waals surface area contributed by atoms with Gasteiger partial charge in [-0.3, -0.25) is 0 Å². The summed E-state index contributed by atoms with van der Waals surface area (Å²) in [5.41, 5.74) is 6.26. The molecule has 2 aliphatic heterocycles. The van der Waals surface area contributed by atoms with E-state index in [0.29, 0.717) is 5.89 Å². The van der Waals surface area contributed by atoms with Crippen molar-refractivity contribution in [1.82, 2.24) is 15.5 Å². The maximum Gasteiger partial charge on any atom is 0.257 e. The van der Waals surface area contributed by atoms with E-state index < -0.39 is 0 Å². The number of hydrogen-bond donors (Lipinski definition) is 1. The van der Waals surface area contributed by atoms with E-state index in [-0.39, 0.29) is 0 Å². The van der Waals surface area contributed by atoms with Crippen LogP contribution in [0.15, 0.2) is 40.9 Å². The smallest absolute Gasteiger partial charge is 0.257 e. The van der Waals surface area contributed by atoms with Gasteiger partial charge in [-0.2, -0.15) is 4.98 Å². The maximum absolute atomic E-state index is 5.56. The molecule has 126 valence electrons. The zero-order valence-electron chi connectivity index (χ0n) is 13.9. The molecule has 0 spiro atoms. The standard InChI is InChI=1S/C20H19N3O2/c1-5-18-14(7-8-24-18)9-13(1)2-6-19-22-20(25-23-19)15-3-4-16-11-21-12-17(16)10-15/h1,3-5,9-10,21H,2,6-8,11-12H2. The molecule has 25 heavy (non-hydrogen) atoms. The van der Waals surface area contributed by atoms with Crippen molar-refractivity contribution >= 4 is 0 Å². The maximum atomic E-state index is 5.56. The Morgan fingerprint density at radius 1 is 0.960 bits per heavy atom. The van der Waals surface area contributed by atoms with Crippen LogP contribution in [0.4, 0.5) is 0 Å². The molecule has 5 rings (SSSR count). The van der Waals surface area contributed by atoms with Gasteiger partial charge in [-0.15, -0.1) is 0 Å². The molecule has 0 saturated heterocycles. The zero-order valence-corrected chi connectivity index (χ0v) is 13.9. The molecule has 0 radical (unpaired) electrons. The van der Waals surface area contributed by atoms with Crippen molar-refractivity contribution in [2.24, 2.45) is 0 Å². The first kappa shape index (κ1) is 14.7. The number of aryl methyl sites for hydroxylation is 2. The number of nitrogens with one attached hydrogen (secondary N) is 1. The molecule has 0 amide bonds. The third-order valence-electron chi connectivity index (χ3n) is 4.94. The summed E-state index contributed by atoms with van der Waals surface area (Å²) in [6, 6.07) is 12.8. The normalized spacial score (nSPS) is 15.0. The van der Waals surface area contributed by atoms with Gasteiger partial charge >= 0.3 is 0 Å². The van der Waals surface area contributed by atoms with Gasteiger partial charge < -0.3 is 14.6 Å². The second kappa shape index (κ2) is 6.01. The van der Waals surface area contributed by atoms with Crippen LogP contribution in [0.25, 0.3) is 11.5 Å². The van der Waals surface area contributed by atoms with Crippen molar-refractivity contribution in [3.05, 3.63) is 64.5 Å². The van der Waals surface area contributed by atoms with Crippen LogP contribution in [-0.4, -0.2) is 16.7 Å². The van der Waals surface area contributed by atoms with Crippen LogP contribution >= 0.6 is 0 Å². The molecule has 0 fully saturated rings. The molecule has 2 aromatic carbocycles. The Kier molecular flexibility index (Phi) is 3.52. The summed E-state index contributed by atoms with van der Waals surface area (Å²) in [6.45, 7) is 2.64. The van der Waals surface area contributed by atoms with E-state index in [1.807, 2.05) is 0 Å². The number of benzene rings is 2. The Labute approximate surface area is 146 Å². The number of rotatable bonds is 4. The number of nitrogens with zero attached hydrogens (tertiary/aromatic N) is 2. The molecule has 0 bridgehead atoms. The topological polar surface area (TPSA) is 60.2 Å². The summed E-state index contributed by atoms with van der Waals surface area (Å²) in [5.74, 6) is 2.38. The first-order valence-electron chi connectivity index (χ1n) is 8.75. The van der Waals surface area contributed by atoms with E-state index in [9.17, 15) is 0 Å². The fourth-order valence-electron chi connectivity index (χ4n) is 3.55. The van der Waals surface area contributed by atoms with E-state index in [1.165, 1.54) is 22.3 Å². The first-order valence-corrected chi connectivity index (χ1v) is 8.75. The Hall–Kier alpha value is -2.66. The number of fused-ring (bicyclic) bond motifs is 2. The monoisotopic (exact) mass is 333 g/mol. The number of aromatic nitrogens is 2. The quantitative estimate of drug-likeness (QED) is 0.795. The van der Waals surface area contributed by atoms with Crippen LogP contribution in [0.3, 0.4) is 0 Å². The van der Waals surface area contributed by atoms with Crippen molar-refractivity contribution in [3.8, 4) is 17.2 Å². The highest BCUT2D eigenvalue weighted by Gasteiger charge is 2.15. The van der Waals surface area contributed by atoms with Crippen LogP contribution in [-0.2, 0) is 32.4 Å². The van der Waals surface area contributed by atoms with Gasteiger partial charge in [0.15, 0.2) is 5.82 Å². The van der Waals surface area contributed by atoms with E-state index in [2.05, 4.69) is 51.9 Å². The average Bonchev–Trinajstić information content (AvgIpc) is 3.38. The minimum Gasteiger partial charge on any atom is -0.493 e. The summed E-state index contributed by atoms with van der Waals surface area (Å²) in [4.78, 5) is 4.57. The zero-order chi connectivity index (χ0) is 16.6. The fraction of sp³-hybridized carbons (Fsp3) is 0.300. The second-order valence-electron chi connectivity index (χ2n) is 6.64. The van der Waals surface area contributed by atoms with E-state index in [1.54, 1.807) is 0 Å². The van der Waals surface area contributed by atoms with Gasteiger partial charge in [-0.05, 0) is 46.9 Å². The molecule has 3 aromatic rings. The Morgan fingerprint density at radius 3 is 2.92 bits per heavy atom. The van der Waals surface area contributed by atoms with Gasteiger partial charge in [-0.25, -0.2) is 0 Å². The molecular weight excluding hydrogens is 314 g/mol. The molecule has 0 saturated carbocycles. The number of hydrogen-bond acceptors (Lipinski definition) is 5. The summed E-state index contributed by atoms with van der Waals surface area (Å²) >= 11 is 0. The highest BCUT2D eigenvalue weighted by molar-refractivity contribution is 5.56. The molecular formula is C20H19N3O2. The molecule has 0 aliphatic carbocycles. The van der Waals surface area contributed by atoms with Crippen LogP contribution in [0.1, 0.15) is 28.1 Å². The van der Waals surface area contributed by atoms with Crippen LogP contribution in [0, 0.1) is 0 Å².